The molecule has 1 aliphatic rings. The molecule has 1 N–H and O–H groups in total. The number of aromatic nitrogens is 2. The summed E-state index contributed by atoms with van der Waals surface area (Å²) in [6, 6.07) is 1.32. The maximum absolute atomic E-state index is 5.58. The first-order valence-corrected chi connectivity index (χ1v) is 5.58. The topological polar surface area (TPSA) is 54.2 Å². The van der Waals surface area contributed by atoms with E-state index in [4.69, 9.17) is 4.42 Å². The van der Waals surface area contributed by atoms with Crippen molar-refractivity contribution in [3.05, 3.63) is 5.89 Å². The molecule has 1 aromatic rings. The predicted octanol–water partition coefficient (Wildman–Crippen LogP) is 1.17. The molecule has 0 spiro atoms. The van der Waals surface area contributed by atoms with Gasteiger partial charge in [-0.3, -0.25) is 0 Å². The monoisotopic (exact) mass is 210 g/mol. The average molecular weight is 210 g/mol. The Morgan fingerprint density at radius 3 is 2.87 bits per heavy atom. The highest BCUT2D eigenvalue weighted by molar-refractivity contribution is 5.29. The van der Waals surface area contributed by atoms with E-state index in [-0.39, 0.29) is 0 Å². The fourth-order valence-electron chi connectivity index (χ4n) is 1.64. The third-order valence-electron chi connectivity index (χ3n) is 2.48. The van der Waals surface area contributed by atoms with Crippen LogP contribution < -0.4 is 10.2 Å². The molecule has 5 heteroatoms. The molecule has 2 rings (SSSR count). The Balaban J connectivity index is 2.04. The van der Waals surface area contributed by atoms with E-state index < -0.39 is 0 Å². The van der Waals surface area contributed by atoms with Crippen molar-refractivity contribution in [3.8, 4) is 0 Å². The Morgan fingerprint density at radius 2 is 2.27 bits per heavy atom. The Hall–Kier alpha value is -1.10. The predicted molar refractivity (Wildman–Crippen MR) is 57.7 cm³/mol. The first-order chi connectivity index (χ1) is 7.35. The van der Waals surface area contributed by atoms with Crippen LogP contribution in [0, 0.1) is 0 Å². The minimum Gasteiger partial charge on any atom is -0.407 e. The maximum atomic E-state index is 5.58. The van der Waals surface area contributed by atoms with Gasteiger partial charge < -0.3 is 14.6 Å². The van der Waals surface area contributed by atoms with Gasteiger partial charge in [-0.05, 0) is 26.3 Å². The maximum Gasteiger partial charge on any atom is 0.318 e. The smallest absolute Gasteiger partial charge is 0.318 e. The van der Waals surface area contributed by atoms with Gasteiger partial charge in [-0.25, -0.2) is 0 Å². The van der Waals surface area contributed by atoms with Gasteiger partial charge in [0.15, 0.2) is 0 Å². The number of hydrogen-bond donors (Lipinski definition) is 1. The summed E-state index contributed by atoms with van der Waals surface area (Å²) < 4.78 is 5.58. The lowest BCUT2D eigenvalue weighted by Crippen LogP contribution is -2.26. The molecule has 1 heterocycles. The van der Waals surface area contributed by atoms with Crippen LogP contribution in [0.5, 0.6) is 0 Å². The van der Waals surface area contributed by atoms with Crippen LogP contribution in [0.4, 0.5) is 6.01 Å². The third-order valence-corrected chi connectivity index (χ3v) is 2.48. The van der Waals surface area contributed by atoms with Gasteiger partial charge in [0.05, 0.1) is 6.54 Å². The summed E-state index contributed by atoms with van der Waals surface area (Å²) in [5, 5.41) is 11.1. The first kappa shape index (κ1) is 10.4. The lowest BCUT2D eigenvalue weighted by molar-refractivity contribution is 0.468. The van der Waals surface area contributed by atoms with E-state index in [1.807, 2.05) is 7.05 Å². The lowest BCUT2D eigenvalue weighted by atomic mass is 10.4. The molecule has 0 aromatic carbocycles. The van der Waals surface area contributed by atoms with Crippen molar-refractivity contribution in [2.45, 2.75) is 38.8 Å². The highest BCUT2D eigenvalue weighted by Gasteiger charge is 2.31. The van der Waals surface area contributed by atoms with Crippen molar-refractivity contribution in [2.75, 3.05) is 18.5 Å². The molecular formula is C10H18N4O. The highest BCUT2D eigenvalue weighted by atomic mass is 16.4. The zero-order valence-corrected chi connectivity index (χ0v) is 9.36. The number of hydrogen-bond acceptors (Lipinski definition) is 5. The van der Waals surface area contributed by atoms with E-state index in [0.29, 0.717) is 24.5 Å². The molecule has 1 aromatic heterocycles. The standard InChI is InChI=1S/C10H18N4O/c1-3-6-14(8-4-5-8)10-13-12-9(15-10)7-11-2/h8,11H,3-7H2,1-2H3. The number of nitrogens with one attached hydrogen (secondary N) is 1. The number of anilines is 1. The molecule has 15 heavy (non-hydrogen) atoms. The van der Waals surface area contributed by atoms with Crippen molar-refractivity contribution in [3.63, 3.8) is 0 Å². The Morgan fingerprint density at radius 1 is 1.47 bits per heavy atom. The van der Waals surface area contributed by atoms with Gasteiger partial charge in [-0.1, -0.05) is 12.0 Å². The van der Waals surface area contributed by atoms with Crippen molar-refractivity contribution >= 4 is 6.01 Å². The molecule has 1 aliphatic carbocycles. The number of rotatable bonds is 6. The Labute approximate surface area is 89.9 Å². The second-order valence-corrected chi connectivity index (χ2v) is 3.93. The summed E-state index contributed by atoms with van der Waals surface area (Å²) >= 11 is 0. The normalized spacial score (nSPS) is 15.6. The van der Waals surface area contributed by atoms with Crippen LogP contribution in [-0.4, -0.2) is 29.8 Å². The van der Waals surface area contributed by atoms with Crippen molar-refractivity contribution in [1.29, 1.82) is 0 Å². The molecule has 0 saturated heterocycles. The molecule has 5 nitrogen and oxygen atoms in total. The quantitative estimate of drug-likeness (QED) is 0.763. The van der Waals surface area contributed by atoms with Crippen LogP contribution in [0.15, 0.2) is 4.42 Å². The molecule has 0 bridgehead atoms. The average Bonchev–Trinajstić information content (AvgIpc) is 2.96. The molecule has 84 valence electrons. The summed E-state index contributed by atoms with van der Waals surface area (Å²) in [5.74, 6) is 0.661. The second-order valence-electron chi connectivity index (χ2n) is 3.93. The summed E-state index contributed by atoms with van der Waals surface area (Å²) in [7, 11) is 1.87. The van der Waals surface area contributed by atoms with Crippen molar-refractivity contribution in [2.24, 2.45) is 0 Å². The summed E-state index contributed by atoms with van der Waals surface area (Å²) in [6.07, 6.45) is 3.62. The molecule has 1 fully saturated rings. The zero-order valence-electron chi connectivity index (χ0n) is 9.36. The van der Waals surface area contributed by atoms with Crippen LogP contribution in [0.25, 0.3) is 0 Å². The molecule has 0 unspecified atom stereocenters. The van der Waals surface area contributed by atoms with Gasteiger partial charge in [0.2, 0.25) is 5.89 Å². The van der Waals surface area contributed by atoms with Gasteiger partial charge >= 0.3 is 6.01 Å². The zero-order chi connectivity index (χ0) is 10.7. The van der Waals surface area contributed by atoms with Crippen molar-refractivity contribution < 1.29 is 4.42 Å². The van der Waals surface area contributed by atoms with E-state index in [1.54, 1.807) is 0 Å². The summed E-state index contributed by atoms with van der Waals surface area (Å²) in [6.45, 7) is 3.81. The largest absolute Gasteiger partial charge is 0.407 e. The molecule has 0 atom stereocenters. The summed E-state index contributed by atoms with van der Waals surface area (Å²) in [5.41, 5.74) is 0. The van der Waals surface area contributed by atoms with E-state index in [9.17, 15) is 0 Å². The Bertz CT molecular complexity index is 308. The van der Waals surface area contributed by atoms with E-state index >= 15 is 0 Å². The fourth-order valence-corrected chi connectivity index (χ4v) is 1.64. The van der Waals surface area contributed by atoms with E-state index in [2.05, 4.69) is 27.3 Å². The van der Waals surface area contributed by atoms with Crippen molar-refractivity contribution in [1.82, 2.24) is 15.5 Å². The minimum atomic E-state index is 0.632. The minimum absolute atomic E-state index is 0.632. The van der Waals surface area contributed by atoms with Gasteiger partial charge in [0.1, 0.15) is 0 Å². The number of nitrogens with zero attached hydrogens (tertiary/aromatic N) is 3. The molecule has 0 radical (unpaired) electrons. The molecule has 0 aliphatic heterocycles. The van der Waals surface area contributed by atoms with Gasteiger partial charge in [-0.2, -0.15) is 0 Å². The van der Waals surface area contributed by atoms with Crippen LogP contribution in [0.3, 0.4) is 0 Å². The lowest BCUT2D eigenvalue weighted by Gasteiger charge is -2.17. The molecular weight excluding hydrogens is 192 g/mol. The van der Waals surface area contributed by atoms with Crippen LogP contribution in [0.2, 0.25) is 0 Å². The summed E-state index contributed by atoms with van der Waals surface area (Å²) in [4.78, 5) is 2.23. The fraction of sp³-hybridized carbons (Fsp3) is 0.800. The van der Waals surface area contributed by atoms with Crippen LogP contribution in [-0.2, 0) is 6.54 Å². The van der Waals surface area contributed by atoms with Gasteiger partial charge in [0, 0.05) is 12.6 Å². The van der Waals surface area contributed by atoms with Crippen LogP contribution in [0.1, 0.15) is 32.1 Å². The van der Waals surface area contributed by atoms with E-state index in [1.165, 1.54) is 12.8 Å². The van der Waals surface area contributed by atoms with E-state index in [0.717, 1.165) is 13.0 Å². The van der Waals surface area contributed by atoms with Gasteiger partial charge in [-0.15, -0.1) is 5.10 Å². The van der Waals surface area contributed by atoms with Crippen LogP contribution >= 0.6 is 0 Å². The SMILES string of the molecule is CCCN(c1nnc(CNC)o1)C1CC1. The highest BCUT2D eigenvalue weighted by Crippen LogP contribution is 2.30. The first-order valence-electron chi connectivity index (χ1n) is 5.58. The second kappa shape index (κ2) is 4.61. The molecule has 0 amide bonds. The Kier molecular flexibility index (Phi) is 3.20. The third kappa shape index (κ3) is 2.47. The molecule has 1 saturated carbocycles. The van der Waals surface area contributed by atoms with Gasteiger partial charge in [0.25, 0.3) is 0 Å².